The van der Waals surface area contributed by atoms with Crippen molar-refractivity contribution in [2.24, 2.45) is 0 Å². The highest BCUT2D eigenvalue weighted by Gasteiger charge is 2.41. The molecule has 0 bridgehead atoms. The fourth-order valence-electron chi connectivity index (χ4n) is 3.68. The molecular formula is C25H24N2P2. The Morgan fingerprint density at radius 2 is 0.897 bits per heavy atom. The topological polar surface area (TPSA) is 25.8 Å². The van der Waals surface area contributed by atoms with Crippen molar-refractivity contribution in [1.29, 1.82) is 0 Å². The van der Waals surface area contributed by atoms with Crippen LogP contribution in [0.5, 0.6) is 0 Å². The fourth-order valence-corrected chi connectivity index (χ4v) is 10.5. The van der Waals surface area contributed by atoms with Crippen molar-refractivity contribution in [1.82, 2.24) is 9.97 Å². The van der Waals surface area contributed by atoms with E-state index >= 15 is 0 Å². The molecule has 2 heterocycles. The summed E-state index contributed by atoms with van der Waals surface area (Å²) in [5.41, 5.74) is 2.33. The first-order valence-corrected chi connectivity index (χ1v) is 12.4. The van der Waals surface area contributed by atoms with E-state index in [0.717, 1.165) is 10.9 Å². The molecule has 2 nitrogen and oxygen atoms in total. The van der Waals surface area contributed by atoms with Crippen molar-refractivity contribution in [3.63, 3.8) is 0 Å². The molecule has 144 valence electrons. The lowest BCUT2D eigenvalue weighted by molar-refractivity contribution is 1.00. The molecule has 0 saturated carbocycles. The fraction of sp³-hybridized carbons (Fsp3) is 0.120. The van der Waals surface area contributed by atoms with Gasteiger partial charge in [0.05, 0.1) is 10.9 Å². The van der Waals surface area contributed by atoms with Gasteiger partial charge in [0.15, 0.2) is 0 Å². The Kier molecular flexibility index (Phi) is 6.14. The van der Waals surface area contributed by atoms with Gasteiger partial charge in [-0.1, -0.05) is 86.6 Å². The lowest BCUT2D eigenvalue weighted by Crippen LogP contribution is -2.35. The Balaban J connectivity index is 1.91. The summed E-state index contributed by atoms with van der Waals surface area (Å²) in [6, 6.07) is 34.2. The van der Waals surface area contributed by atoms with Crippen LogP contribution >= 0.6 is 15.8 Å². The van der Waals surface area contributed by atoms with Gasteiger partial charge >= 0.3 is 0 Å². The summed E-state index contributed by atoms with van der Waals surface area (Å²) in [4.78, 5) is 9.57. The second-order valence-corrected chi connectivity index (χ2v) is 13.1. The van der Waals surface area contributed by atoms with Gasteiger partial charge in [-0.05, 0) is 50.7 Å². The minimum atomic E-state index is -0.703. The standard InChI is InChI=1S/C25H24N2P2/c1-25(2,28(21-13-5-3-6-14-21)23-17-9-11-19-26-23)29(22-15-7-4-8-16-22)24-18-10-12-20-27-24/h3-20H,1-2H3. The molecule has 4 rings (SSSR count). The summed E-state index contributed by atoms with van der Waals surface area (Å²) in [6.07, 6.45) is 3.82. The average molecular weight is 414 g/mol. The predicted molar refractivity (Wildman–Crippen MR) is 128 cm³/mol. The van der Waals surface area contributed by atoms with Crippen molar-refractivity contribution >= 4 is 37.3 Å². The largest absolute Gasteiger partial charge is 0.256 e. The minimum Gasteiger partial charge on any atom is -0.256 e. The van der Waals surface area contributed by atoms with Gasteiger partial charge in [-0.2, -0.15) is 0 Å². The van der Waals surface area contributed by atoms with Gasteiger partial charge < -0.3 is 0 Å². The maximum Gasteiger partial charge on any atom is 0.0684 e. The molecule has 0 aliphatic rings. The van der Waals surface area contributed by atoms with Gasteiger partial charge in [0.25, 0.3) is 0 Å². The Bertz CT molecular complexity index is 859. The van der Waals surface area contributed by atoms with Crippen LogP contribution in [0.15, 0.2) is 109 Å². The number of rotatable bonds is 6. The third-order valence-corrected chi connectivity index (χ3v) is 11.3. The van der Waals surface area contributed by atoms with Crippen LogP contribution in [0, 0.1) is 0 Å². The van der Waals surface area contributed by atoms with Gasteiger partial charge in [-0.15, -0.1) is 0 Å². The zero-order valence-electron chi connectivity index (χ0n) is 16.7. The lowest BCUT2D eigenvalue weighted by atomic mass is 10.4. The van der Waals surface area contributed by atoms with Gasteiger partial charge in [0.1, 0.15) is 0 Å². The van der Waals surface area contributed by atoms with Crippen LogP contribution in [0.4, 0.5) is 0 Å². The molecule has 0 amide bonds. The molecule has 2 aromatic heterocycles. The normalized spacial score (nSPS) is 13.6. The highest BCUT2D eigenvalue weighted by Crippen LogP contribution is 2.64. The van der Waals surface area contributed by atoms with E-state index in [1.54, 1.807) is 0 Å². The SMILES string of the molecule is CC(C)(P(c1ccccc1)c1ccccn1)P(c1ccccc1)c1ccccn1. The summed E-state index contributed by atoms with van der Waals surface area (Å²) < 4.78 is 0. The molecule has 0 saturated heterocycles. The molecule has 0 aliphatic carbocycles. The van der Waals surface area contributed by atoms with Crippen LogP contribution in [0.2, 0.25) is 0 Å². The Labute approximate surface area is 175 Å². The van der Waals surface area contributed by atoms with Crippen molar-refractivity contribution in [3.8, 4) is 0 Å². The molecule has 4 aromatic rings. The average Bonchev–Trinajstić information content (AvgIpc) is 2.77. The van der Waals surface area contributed by atoms with E-state index in [9.17, 15) is 0 Å². The van der Waals surface area contributed by atoms with Crippen molar-refractivity contribution < 1.29 is 0 Å². The van der Waals surface area contributed by atoms with Crippen LogP contribution in [0.3, 0.4) is 0 Å². The Hall–Kier alpha value is -2.40. The highest BCUT2D eigenvalue weighted by molar-refractivity contribution is 7.90. The number of benzene rings is 2. The van der Waals surface area contributed by atoms with E-state index < -0.39 is 15.8 Å². The summed E-state index contributed by atoms with van der Waals surface area (Å²) in [7, 11) is -1.41. The van der Waals surface area contributed by atoms with Crippen molar-refractivity contribution in [2.75, 3.05) is 0 Å². The van der Waals surface area contributed by atoms with Gasteiger partial charge in [-0.3, -0.25) is 9.97 Å². The Morgan fingerprint density at radius 3 is 1.24 bits per heavy atom. The number of hydrogen-bond acceptors (Lipinski definition) is 2. The summed E-state index contributed by atoms with van der Waals surface area (Å²) in [5.74, 6) is 0. The molecular weight excluding hydrogens is 390 g/mol. The van der Waals surface area contributed by atoms with E-state index in [-0.39, 0.29) is 4.90 Å². The first-order valence-electron chi connectivity index (χ1n) is 9.70. The van der Waals surface area contributed by atoms with Gasteiger partial charge in [-0.25, -0.2) is 0 Å². The summed E-state index contributed by atoms with van der Waals surface area (Å²) in [5, 5.41) is 2.70. The number of nitrogens with zero attached hydrogens (tertiary/aromatic N) is 2. The van der Waals surface area contributed by atoms with E-state index in [1.165, 1.54) is 10.6 Å². The second-order valence-electron chi connectivity index (χ2n) is 7.21. The number of pyridine rings is 2. The van der Waals surface area contributed by atoms with E-state index in [0.29, 0.717) is 0 Å². The molecule has 0 aliphatic heterocycles. The minimum absolute atomic E-state index is 0.0456. The van der Waals surface area contributed by atoms with Gasteiger partial charge in [0.2, 0.25) is 0 Å². The van der Waals surface area contributed by atoms with E-state index in [1.807, 2.05) is 24.5 Å². The van der Waals surface area contributed by atoms with Crippen LogP contribution in [0.1, 0.15) is 13.8 Å². The molecule has 2 aromatic carbocycles. The molecule has 0 N–H and O–H groups in total. The highest BCUT2D eigenvalue weighted by atomic mass is 31.2. The Morgan fingerprint density at radius 1 is 0.517 bits per heavy atom. The van der Waals surface area contributed by atoms with Crippen molar-refractivity contribution in [2.45, 2.75) is 18.7 Å². The smallest absolute Gasteiger partial charge is 0.0684 e. The van der Waals surface area contributed by atoms with Crippen LogP contribution < -0.4 is 21.5 Å². The number of aromatic nitrogens is 2. The van der Waals surface area contributed by atoms with E-state index in [4.69, 9.17) is 9.97 Å². The predicted octanol–water partition coefficient (Wildman–Crippen LogP) is 4.78. The quantitative estimate of drug-likeness (QED) is 0.425. The summed E-state index contributed by atoms with van der Waals surface area (Å²) >= 11 is 0. The molecule has 0 fully saturated rings. The third kappa shape index (κ3) is 4.30. The zero-order valence-corrected chi connectivity index (χ0v) is 18.5. The lowest BCUT2D eigenvalue weighted by Gasteiger charge is -2.41. The first-order chi connectivity index (χ1) is 14.2. The zero-order chi connectivity index (χ0) is 20.1. The van der Waals surface area contributed by atoms with Crippen LogP contribution in [-0.4, -0.2) is 14.9 Å². The molecule has 0 spiro atoms. The molecule has 2 unspecified atom stereocenters. The third-order valence-electron chi connectivity index (χ3n) is 4.88. The molecule has 29 heavy (non-hydrogen) atoms. The monoisotopic (exact) mass is 414 g/mol. The van der Waals surface area contributed by atoms with Crippen LogP contribution in [0.25, 0.3) is 0 Å². The van der Waals surface area contributed by atoms with Crippen molar-refractivity contribution in [3.05, 3.63) is 109 Å². The summed E-state index contributed by atoms with van der Waals surface area (Å²) in [6.45, 7) is 4.79. The molecule has 4 heteroatoms. The molecule has 2 atom stereocenters. The first kappa shape index (κ1) is 19.9. The van der Waals surface area contributed by atoms with E-state index in [2.05, 4.69) is 98.8 Å². The second kappa shape index (κ2) is 8.95. The maximum atomic E-state index is 4.81. The number of hydrogen-bond donors (Lipinski definition) is 0. The maximum absolute atomic E-state index is 4.81. The molecule has 0 radical (unpaired) electrons. The van der Waals surface area contributed by atoms with Crippen LogP contribution in [-0.2, 0) is 0 Å². The van der Waals surface area contributed by atoms with Gasteiger partial charge in [0, 0.05) is 17.3 Å².